The van der Waals surface area contributed by atoms with Crippen LogP contribution in [0.3, 0.4) is 0 Å². The van der Waals surface area contributed by atoms with Crippen LogP contribution in [-0.2, 0) is 4.79 Å². The first kappa shape index (κ1) is 16.5. The molecule has 0 radical (unpaired) electrons. The standard InChI is InChI=1S/C16H25NO3/c1-12-6-8-13(9-7-12)20-11-10-14(18)17-15(2,3)16(4,5)19/h6-9,19H,10-11H2,1-5H3,(H,17,18). The van der Waals surface area contributed by atoms with Crippen molar-refractivity contribution in [3.63, 3.8) is 0 Å². The molecule has 0 atom stereocenters. The molecule has 0 unspecified atom stereocenters. The van der Waals surface area contributed by atoms with Crippen LogP contribution in [-0.4, -0.2) is 28.8 Å². The second-order valence-electron chi connectivity index (χ2n) is 6.14. The van der Waals surface area contributed by atoms with Gasteiger partial charge in [-0.1, -0.05) is 17.7 Å². The van der Waals surface area contributed by atoms with E-state index in [-0.39, 0.29) is 12.3 Å². The van der Waals surface area contributed by atoms with Crippen molar-refractivity contribution in [1.29, 1.82) is 0 Å². The van der Waals surface area contributed by atoms with Gasteiger partial charge in [0.05, 0.1) is 24.2 Å². The first-order valence-corrected chi connectivity index (χ1v) is 6.85. The summed E-state index contributed by atoms with van der Waals surface area (Å²) in [5.41, 5.74) is -0.504. The van der Waals surface area contributed by atoms with Gasteiger partial charge in [-0.15, -0.1) is 0 Å². The summed E-state index contributed by atoms with van der Waals surface area (Å²) in [6, 6.07) is 7.70. The van der Waals surface area contributed by atoms with Crippen LogP contribution in [0, 0.1) is 6.92 Å². The highest BCUT2D eigenvalue weighted by Gasteiger charge is 2.36. The Kier molecular flexibility index (Phi) is 5.17. The van der Waals surface area contributed by atoms with E-state index in [4.69, 9.17) is 4.74 Å². The number of aliphatic hydroxyl groups is 1. The van der Waals surface area contributed by atoms with E-state index in [1.54, 1.807) is 27.7 Å². The van der Waals surface area contributed by atoms with Crippen LogP contribution in [0.2, 0.25) is 0 Å². The molecule has 0 fully saturated rings. The van der Waals surface area contributed by atoms with Gasteiger partial charge in [-0.2, -0.15) is 0 Å². The number of carbonyl (C=O) groups excluding carboxylic acids is 1. The maximum atomic E-state index is 11.8. The molecule has 0 bridgehead atoms. The van der Waals surface area contributed by atoms with E-state index in [0.717, 1.165) is 5.75 Å². The molecule has 1 aromatic carbocycles. The van der Waals surface area contributed by atoms with Crippen molar-refractivity contribution in [3.05, 3.63) is 29.8 Å². The van der Waals surface area contributed by atoms with Gasteiger partial charge in [0, 0.05) is 0 Å². The highest BCUT2D eigenvalue weighted by Crippen LogP contribution is 2.20. The molecule has 0 spiro atoms. The Bertz CT molecular complexity index is 444. The predicted octanol–water partition coefficient (Wildman–Crippen LogP) is 2.43. The fraction of sp³-hybridized carbons (Fsp3) is 0.562. The number of aryl methyl sites for hydroxylation is 1. The van der Waals surface area contributed by atoms with Crippen LogP contribution in [0.25, 0.3) is 0 Å². The van der Waals surface area contributed by atoms with Gasteiger partial charge in [0.15, 0.2) is 0 Å². The molecule has 0 aliphatic carbocycles. The van der Waals surface area contributed by atoms with E-state index in [9.17, 15) is 9.90 Å². The Labute approximate surface area is 121 Å². The van der Waals surface area contributed by atoms with Crippen molar-refractivity contribution in [2.45, 2.75) is 52.2 Å². The minimum Gasteiger partial charge on any atom is -0.493 e. The highest BCUT2D eigenvalue weighted by molar-refractivity contribution is 5.77. The number of nitrogens with one attached hydrogen (secondary N) is 1. The Hall–Kier alpha value is -1.55. The monoisotopic (exact) mass is 279 g/mol. The summed E-state index contributed by atoms with van der Waals surface area (Å²) in [5.74, 6) is 0.620. The Balaban J connectivity index is 2.39. The van der Waals surface area contributed by atoms with Gasteiger partial charge < -0.3 is 15.2 Å². The molecule has 1 amide bonds. The van der Waals surface area contributed by atoms with Gasteiger partial charge in [-0.05, 0) is 46.8 Å². The highest BCUT2D eigenvalue weighted by atomic mass is 16.5. The summed E-state index contributed by atoms with van der Waals surface area (Å²) in [7, 11) is 0. The topological polar surface area (TPSA) is 58.6 Å². The molecule has 0 saturated carbocycles. The quantitative estimate of drug-likeness (QED) is 0.841. The SMILES string of the molecule is Cc1ccc(OCCC(=O)NC(C)(C)C(C)(C)O)cc1. The lowest BCUT2D eigenvalue weighted by atomic mass is 9.86. The van der Waals surface area contributed by atoms with E-state index in [1.165, 1.54) is 5.56 Å². The molecular weight excluding hydrogens is 254 g/mol. The van der Waals surface area contributed by atoms with Crippen LogP contribution >= 0.6 is 0 Å². The zero-order chi connectivity index (χ0) is 15.4. The number of rotatable bonds is 6. The Morgan fingerprint density at radius 1 is 1.20 bits per heavy atom. The van der Waals surface area contributed by atoms with Gasteiger partial charge in [0.2, 0.25) is 5.91 Å². The molecule has 0 aliphatic rings. The Morgan fingerprint density at radius 3 is 2.25 bits per heavy atom. The van der Waals surface area contributed by atoms with Crippen LogP contribution in [0.1, 0.15) is 39.7 Å². The van der Waals surface area contributed by atoms with Crippen LogP contribution in [0.5, 0.6) is 5.75 Å². The molecule has 112 valence electrons. The molecule has 0 aromatic heterocycles. The second kappa shape index (κ2) is 6.27. The van der Waals surface area contributed by atoms with E-state index in [2.05, 4.69) is 5.32 Å². The van der Waals surface area contributed by atoms with Gasteiger partial charge in [0.1, 0.15) is 5.75 Å². The average Bonchev–Trinajstić information content (AvgIpc) is 2.29. The maximum Gasteiger partial charge on any atom is 0.223 e. The molecule has 20 heavy (non-hydrogen) atoms. The number of benzene rings is 1. The number of carbonyl (C=O) groups is 1. The molecule has 0 saturated heterocycles. The molecule has 0 heterocycles. The van der Waals surface area contributed by atoms with Gasteiger partial charge >= 0.3 is 0 Å². The fourth-order valence-electron chi connectivity index (χ4n) is 1.46. The lowest BCUT2D eigenvalue weighted by Gasteiger charge is -2.38. The number of hydrogen-bond donors (Lipinski definition) is 2. The van der Waals surface area contributed by atoms with Crippen LogP contribution in [0.15, 0.2) is 24.3 Å². The number of hydrogen-bond acceptors (Lipinski definition) is 3. The number of ether oxygens (including phenoxy) is 1. The lowest BCUT2D eigenvalue weighted by Crippen LogP contribution is -2.57. The fourth-order valence-corrected chi connectivity index (χ4v) is 1.46. The summed E-state index contributed by atoms with van der Waals surface area (Å²) in [6.45, 7) is 9.27. The van der Waals surface area contributed by atoms with E-state index in [0.29, 0.717) is 6.61 Å². The van der Waals surface area contributed by atoms with Crippen molar-refractivity contribution in [1.82, 2.24) is 5.32 Å². The van der Waals surface area contributed by atoms with Gasteiger partial charge in [-0.3, -0.25) is 4.79 Å². The molecule has 1 rings (SSSR count). The molecule has 2 N–H and O–H groups in total. The smallest absolute Gasteiger partial charge is 0.223 e. The third kappa shape index (κ3) is 4.85. The van der Waals surface area contributed by atoms with Crippen molar-refractivity contribution < 1.29 is 14.6 Å². The van der Waals surface area contributed by atoms with Gasteiger partial charge in [0.25, 0.3) is 0 Å². The van der Waals surface area contributed by atoms with Crippen LogP contribution in [0.4, 0.5) is 0 Å². The van der Waals surface area contributed by atoms with E-state index >= 15 is 0 Å². The van der Waals surface area contributed by atoms with Gasteiger partial charge in [-0.25, -0.2) is 0 Å². The normalized spacial score (nSPS) is 12.1. The Morgan fingerprint density at radius 2 is 1.75 bits per heavy atom. The first-order chi connectivity index (χ1) is 9.12. The maximum absolute atomic E-state index is 11.8. The zero-order valence-corrected chi connectivity index (χ0v) is 13.0. The van der Waals surface area contributed by atoms with E-state index in [1.807, 2.05) is 31.2 Å². The second-order valence-corrected chi connectivity index (χ2v) is 6.14. The zero-order valence-electron chi connectivity index (χ0n) is 13.0. The summed E-state index contributed by atoms with van der Waals surface area (Å²) >= 11 is 0. The summed E-state index contributed by atoms with van der Waals surface area (Å²) in [5, 5.41) is 12.8. The van der Waals surface area contributed by atoms with Crippen LogP contribution < -0.4 is 10.1 Å². The average molecular weight is 279 g/mol. The summed E-state index contributed by atoms with van der Waals surface area (Å²) in [6.07, 6.45) is 0.257. The van der Waals surface area contributed by atoms with Crippen molar-refractivity contribution in [3.8, 4) is 5.75 Å². The largest absolute Gasteiger partial charge is 0.493 e. The van der Waals surface area contributed by atoms with E-state index < -0.39 is 11.1 Å². The number of amides is 1. The minimum atomic E-state index is -0.986. The minimum absolute atomic E-state index is 0.135. The van der Waals surface area contributed by atoms with Crippen molar-refractivity contribution in [2.75, 3.05) is 6.61 Å². The first-order valence-electron chi connectivity index (χ1n) is 6.85. The summed E-state index contributed by atoms with van der Waals surface area (Å²) in [4.78, 5) is 11.8. The third-order valence-electron chi connectivity index (χ3n) is 3.60. The molecule has 4 nitrogen and oxygen atoms in total. The lowest BCUT2D eigenvalue weighted by molar-refractivity contribution is -0.126. The predicted molar refractivity (Wildman–Crippen MR) is 79.8 cm³/mol. The molecule has 4 heteroatoms. The van der Waals surface area contributed by atoms with Crippen molar-refractivity contribution >= 4 is 5.91 Å². The third-order valence-corrected chi connectivity index (χ3v) is 3.60. The molecular formula is C16H25NO3. The summed E-state index contributed by atoms with van der Waals surface area (Å²) < 4.78 is 5.51. The molecule has 0 aliphatic heterocycles. The molecule has 1 aromatic rings. The van der Waals surface area contributed by atoms with Crippen molar-refractivity contribution in [2.24, 2.45) is 0 Å².